The third-order valence-electron chi connectivity index (χ3n) is 3.66. The van der Waals surface area contributed by atoms with Crippen LogP contribution in [0.5, 0.6) is 0 Å². The Labute approximate surface area is 129 Å². The third kappa shape index (κ3) is 3.68. The minimum Gasteiger partial charge on any atom is -0.469 e. The number of halogens is 1. The zero-order chi connectivity index (χ0) is 14.5. The van der Waals surface area contributed by atoms with Gasteiger partial charge < -0.3 is 9.47 Å². The van der Waals surface area contributed by atoms with E-state index in [0.717, 1.165) is 36.5 Å². The molecule has 1 fully saturated rings. The highest BCUT2D eigenvalue weighted by Crippen LogP contribution is 2.33. The molecule has 3 nitrogen and oxygen atoms in total. The van der Waals surface area contributed by atoms with Crippen molar-refractivity contribution in [2.45, 2.75) is 23.7 Å². The normalized spacial score (nSPS) is 19.9. The standard InChI is InChI=1S/C15H19ClO3S/c1-18-15(17)12(7-10-5-6-19-9-10)11-3-4-14(20-2)13(16)8-11/h3-4,8,10,12H,5-7,9H2,1-2H3. The number of methoxy groups -OCH3 is 1. The van der Waals surface area contributed by atoms with Gasteiger partial charge in [-0.2, -0.15) is 0 Å². The quantitative estimate of drug-likeness (QED) is 0.612. The molecule has 110 valence electrons. The first-order valence-corrected chi connectivity index (χ1v) is 8.25. The minimum absolute atomic E-state index is 0.204. The van der Waals surface area contributed by atoms with Crippen molar-refractivity contribution in [2.75, 3.05) is 26.6 Å². The molecule has 0 radical (unpaired) electrons. The predicted molar refractivity (Wildman–Crippen MR) is 81.5 cm³/mol. The molecule has 1 aromatic carbocycles. The molecule has 1 aliphatic rings. The van der Waals surface area contributed by atoms with Gasteiger partial charge in [-0.05, 0) is 42.7 Å². The van der Waals surface area contributed by atoms with Crippen molar-refractivity contribution >= 4 is 29.3 Å². The van der Waals surface area contributed by atoms with Crippen molar-refractivity contribution in [3.63, 3.8) is 0 Å². The van der Waals surface area contributed by atoms with Gasteiger partial charge in [0, 0.05) is 18.1 Å². The first-order chi connectivity index (χ1) is 9.65. The van der Waals surface area contributed by atoms with Crippen molar-refractivity contribution in [3.05, 3.63) is 28.8 Å². The summed E-state index contributed by atoms with van der Waals surface area (Å²) >= 11 is 7.84. The third-order valence-corrected chi connectivity index (χ3v) is 4.88. The largest absolute Gasteiger partial charge is 0.469 e. The van der Waals surface area contributed by atoms with Crippen molar-refractivity contribution < 1.29 is 14.3 Å². The molecule has 1 saturated heterocycles. The number of hydrogen-bond acceptors (Lipinski definition) is 4. The molecule has 2 rings (SSSR count). The molecule has 0 spiro atoms. The van der Waals surface area contributed by atoms with Gasteiger partial charge in [-0.1, -0.05) is 17.7 Å². The highest BCUT2D eigenvalue weighted by molar-refractivity contribution is 7.98. The molecule has 0 aromatic heterocycles. The molecule has 0 bridgehead atoms. The van der Waals surface area contributed by atoms with Crippen LogP contribution < -0.4 is 0 Å². The summed E-state index contributed by atoms with van der Waals surface area (Å²) in [6, 6.07) is 5.81. The van der Waals surface area contributed by atoms with Gasteiger partial charge in [-0.25, -0.2) is 0 Å². The van der Waals surface area contributed by atoms with E-state index in [1.807, 2.05) is 24.5 Å². The Morgan fingerprint density at radius 1 is 1.60 bits per heavy atom. The maximum absolute atomic E-state index is 12.1. The second kappa shape index (κ2) is 7.34. The van der Waals surface area contributed by atoms with Gasteiger partial charge in [0.05, 0.1) is 18.1 Å². The maximum Gasteiger partial charge on any atom is 0.313 e. The molecule has 1 aromatic rings. The van der Waals surface area contributed by atoms with Crippen LogP contribution >= 0.6 is 23.4 Å². The van der Waals surface area contributed by atoms with Gasteiger partial charge in [0.1, 0.15) is 0 Å². The monoisotopic (exact) mass is 314 g/mol. The van der Waals surface area contributed by atoms with Crippen LogP contribution in [0.2, 0.25) is 5.02 Å². The van der Waals surface area contributed by atoms with Crippen molar-refractivity contribution in [2.24, 2.45) is 5.92 Å². The van der Waals surface area contributed by atoms with E-state index in [1.165, 1.54) is 7.11 Å². The van der Waals surface area contributed by atoms with Crippen molar-refractivity contribution in [1.82, 2.24) is 0 Å². The lowest BCUT2D eigenvalue weighted by molar-refractivity contribution is -0.142. The molecule has 0 N–H and O–H groups in total. The van der Waals surface area contributed by atoms with Crippen LogP contribution in [0.25, 0.3) is 0 Å². The van der Waals surface area contributed by atoms with Crippen LogP contribution in [0.3, 0.4) is 0 Å². The van der Waals surface area contributed by atoms with E-state index in [-0.39, 0.29) is 11.9 Å². The van der Waals surface area contributed by atoms with Crippen molar-refractivity contribution in [3.8, 4) is 0 Å². The maximum atomic E-state index is 12.1. The number of hydrogen-bond donors (Lipinski definition) is 0. The van der Waals surface area contributed by atoms with E-state index in [0.29, 0.717) is 10.9 Å². The summed E-state index contributed by atoms with van der Waals surface area (Å²) in [7, 11) is 1.43. The molecule has 1 aliphatic heterocycles. The number of benzene rings is 1. The lowest BCUT2D eigenvalue weighted by Crippen LogP contribution is -2.18. The van der Waals surface area contributed by atoms with E-state index in [2.05, 4.69) is 0 Å². The van der Waals surface area contributed by atoms with Crippen LogP contribution in [0.1, 0.15) is 24.3 Å². The molecule has 1 heterocycles. The first kappa shape index (κ1) is 15.7. The second-order valence-corrected chi connectivity index (χ2v) is 6.19. The Morgan fingerprint density at radius 3 is 2.95 bits per heavy atom. The van der Waals surface area contributed by atoms with Crippen LogP contribution in [0.15, 0.2) is 23.1 Å². The minimum atomic E-state index is -0.264. The highest BCUT2D eigenvalue weighted by atomic mass is 35.5. The van der Waals surface area contributed by atoms with Crippen LogP contribution in [-0.4, -0.2) is 32.5 Å². The van der Waals surface area contributed by atoms with Gasteiger partial charge in [0.2, 0.25) is 0 Å². The number of thioether (sulfide) groups is 1. The van der Waals surface area contributed by atoms with Gasteiger partial charge in [0.15, 0.2) is 0 Å². The number of esters is 1. The fraction of sp³-hybridized carbons (Fsp3) is 0.533. The lowest BCUT2D eigenvalue weighted by atomic mass is 9.88. The molecule has 5 heteroatoms. The first-order valence-electron chi connectivity index (χ1n) is 6.64. The zero-order valence-corrected chi connectivity index (χ0v) is 13.3. The molecular weight excluding hydrogens is 296 g/mol. The van der Waals surface area contributed by atoms with Gasteiger partial charge in [-0.15, -0.1) is 11.8 Å². The average molecular weight is 315 g/mol. The SMILES string of the molecule is COC(=O)C(CC1CCOC1)c1ccc(SC)c(Cl)c1. The highest BCUT2D eigenvalue weighted by Gasteiger charge is 2.28. The summed E-state index contributed by atoms with van der Waals surface area (Å²) in [5, 5.41) is 0.687. The Bertz CT molecular complexity index is 472. The van der Waals surface area contributed by atoms with Gasteiger partial charge >= 0.3 is 5.97 Å². The van der Waals surface area contributed by atoms with Gasteiger partial charge in [0.25, 0.3) is 0 Å². The summed E-state index contributed by atoms with van der Waals surface area (Å²) in [6.07, 6.45) is 3.74. The molecule has 20 heavy (non-hydrogen) atoms. The Morgan fingerprint density at radius 2 is 2.40 bits per heavy atom. The summed E-state index contributed by atoms with van der Waals surface area (Å²) in [5.74, 6) is -0.0527. The molecular formula is C15H19ClO3S. The number of rotatable bonds is 5. The molecule has 0 saturated carbocycles. The van der Waals surface area contributed by atoms with E-state index < -0.39 is 0 Å². The van der Waals surface area contributed by atoms with E-state index in [1.54, 1.807) is 11.8 Å². The Hall–Kier alpha value is -0.710. The number of ether oxygens (including phenoxy) is 2. The Kier molecular flexibility index (Phi) is 5.75. The summed E-state index contributed by atoms with van der Waals surface area (Å²) in [4.78, 5) is 13.1. The van der Waals surface area contributed by atoms with E-state index in [4.69, 9.17) is 21.1 Å². The molecule has 2 unspecified atom stereocenters. The van der Waals surface area contributed by atoms with Gasteiger partial charge in [-0.3, -0.25) is 4.79 Å². The predicted octanol–water partition coefficient (Wildman–Crippen LogP) is 3.75. The topological polar surface area (TPSA) is 35.5 Å². The molecule has 0 aliphatic carbocycles. The van der Waals surface area contributed by atoms with Crippen LogP contribution in [-0.2, 0) is 14.3 Å². The summed E-state index contributed by atoms with van der Waals surface area (Å²) in [5.41, 5.74) is 0.923. The second-order valence-electron chi connectivity index (χ2n) is 4.94. The summed E-state index contributed by atoms with van der Waals surface area (Å²) in [6.45, 7) is 1.51. The fourth-order valence-electron chi connectivity index (χ4n) is 2.51. The number of carbonyl (C=O) groups is 1. The fourth-order valence-corrected chi connectivity index (χ4v) is 3.39. The zero-order valence-electron chi connectivity index (χ0n) is 11.7. The lowest BCUT2D eigenvalue weighted by Gasteiger charge is -2.19. The van der Waals surface area contributed by atoms with Crippen LogP contribution in [0, 0.1) is 5.92 Å². The van der Waals surface area contributed by atoms with E-state index in [9.17, 15) is 4.79 Å². The smallest absolute Gasteiger partial charge is 0.313 e. The average Bonchev–Trinajstić information content (AvgIpc) is 2.97. The molecule has 0 amide bonds. The summed E-state index contributed by atoms with van der Waals surface area (Å²) < 4.78 is 10.3. The van der Waals surface area contributed by atoms with Crippen LogP contribution in [0.4, 0.5) is 0 Å². The Balaban J connectivity index is 2.21. The number of carbonyl (C=O) groups excluding carboxylic acids is 1. The molecule has 2 atom stereocenters. The van der Waals surface area contributed by atoms with Crippen molar-refractivity contribution in [1.29, 1.82) is 0 Å². The van der Waals surface area contributed by atoms with E-state index >= 15 is 0 Å².